The van der Waals surface area contributed by atoms with Crippen molar-refractivity contribution in [3.63, 3.8) is 0 Å². The molecule has 2 rings (SSSR count). The zero-order valence-corrected chi connectivity index (χ0v) is 14.3. The van der Waals surface area contributed by atoms with E-state index in [1.54, 1.807) is 7.05 Å². The Bertz CT molecular complexity index is 455. The summed E-state index contributed by atoms with van der Waals surface area (Å²) in [5.41, 5.74) is 1.01. The molecule has 122 valence electrons. The molecule has 0 radical (unpaired) electrons. The van der Waals surface area contributed by atoms with Gasteiger partial charge >= 0.3 is 0 Å². The van der Waals surface area contributed by atoms with Crippen molar-refractivity contribution < 1.29 is 4.74 Å². The number of hydrogen-bond donors (Lipinski definition) is 2. The van der Waals surface area contributed by atoms with Crippen LogP contribution in [-0.2, 0) is 11.3 Å². The van der Waals surface area contributed by atoms with E-state index >= 15 is 0 Å². The maximum atomic E-state index is 5.51. The molecule has 0 aliphatic carbocycles. The minimum absolute atomic E-state index is 0.260. The molecule has 6 heteroatoms. The van der Waals surface area contributed by atoms with Crippen molar-refractivity contribution in [1.29, 1.82) is 0 Å². The topological polar surface area (TPSA) is 58.5 Å². The summed E-state index contributed by atoms with van der Waals surface area (Å²) in [7, 11) is 1.80. The van der Waals surface area contributed by atoms with Crippen molar-refractivity contribution in [1.82, 2.24) is 15.6 Å². The molecule has 0 atom stereocenters. The van der Waals surface area contributed by atoms with E-state index in [1.807, 2.05) is 36.2 Å². The summed E-state index contributed by atoms with van der Waals surface area (Å²) in [5.74, 6) is 1.95. The molecule has 0 aromatic carbocycles. The fourth-order valence-corrected chi connectivity index (χ4v) is 3.81. The van der Waals surface area contributed by atoms with E-state index in [1.165, 1.54) is 0 Å². The molecule has 1 aliphatic rings. The highest BCUT2D eigenvalue weighted by molar-refractivity contribution is 8.00. The standard InChI is InChI=1S/C16H26N4OS/c1-3-22-16(7-10-21-11-8-16)13-20-15(17-2)19-12-14-6-4-5-9-18-14/h4-6,9H,3,7-8,10-13H2,1-2H3,(H2,17,19,20). The van der Waals surface area contributed by atoms with Crippen LogP contribution in [0, 0.1) is 0 Å². The van der Waals surface area contributed by atoms with Gasteiger partial charge in [-0.05, 0) is 30.7 Å². The molecule has 0 bridgehead atoms. The van der Waals surface area contributed by atoms with E-state index in [0.717, 1.165) is 50.0 Å². The summed E-state index contributed by atoms with van der Waals surface area (Å²) in [6.07, 6.45) is 3.99. The van der Waals surface area contributed by atoms with Gasteiger partial charge in [0.25, 0.3) is 0 Å². The van der Waals surface area contributed by atoms with Crippen LogP contribution in [0.3, 0.4) is 0 Å². The van der Waals surface area contributed by atoms with Crippen LogP contribution in [0.2, 0.25) is 0 Å². The molecule has 1 aromatic heterocycles. The maximum absolute atomic E-state index is 5.51. The van der Waals surface area contributed by atoms with Crippen LogP contribution >= 0.6 is 11.8 Å². The largest absolute Gasteiger partial charge is 0.381 e. The van der Waals surface area contributed by atoms with E-state index in [2.05, 4.69) is 27.5 Å². The number of nitrogens with one attached hydrogen (secondary N) is 2. The van der Waals surface area contributed by atoms with Gasteiger partial charge in [0, 0.05) is 37.8 Å². The molecule has 1 saturated heterocycles. The number of thioether (sulfide) groups is 1. The monoisotopic (exact) mass is 322 g/mol. The van der Waals surface area contributed by atoms with Crippen molar-refractivity contribution in [2.45, 2.75) is 31.1 Å². The Labute approximate surface area is 137 Å². The predicted molar refractivity (Wildman–Crippen MR) is 93.4 cm³/mol. The first-order chi connectivity index (χ1) is 10.8. The highest BCUT2D eigenvalue weighted by Gasteiger charge is 2.32. The molecule has 0 saturated carbocycles. The molecule has 2 N–H and O–H groups in total. The van der Waals surface area contributed by atoms with Crippen molar-refractivity contribution >= 4 is 17.7 Å². The van der Waals surface area contributed by atoms with Crippen LogP contribution in [0.25, 0.3) is 0 Å². The van der Waals surface area contributed by atoms with Crippen molar-refractivity contribution in [3.8, 4) is 0 Å². The zero-order valence-electron chi connectivity index (χ0n) is 13.5. The molecule has 0 spiro atoms. The number of aliphatic imine (C=N–C) groups is 1. The zero-order chi connectivity index (χ0) is 15.7. The number of hydrogen-bond acceptors (Lipinski definition) is 4. The first-order valence-corrected chi connectivity index (χ1v) is 8.83. The lowest BCUT2D eigenvalue weighted by Crippen LogP contribution is -2.48. The van der Waals surface area contributed by atoms with Crippen molar-refractivity contribution in [3.05, 3.63) is 30.1 Å². The van der Waals surface area contributed by atoms with Gasteiger partial charge in [0.05, 0.1) is 12.2 Å². The Morgan fingerprint density at radius 3 is 2.82 bits per heavy atom. The second-order valence-electron chi connectivity index (χ2n) is 5.33. The van der Waals surface area contributed by atoms with Gasteiger partial charge in [0.1, 0.15) is 0 Å². The maximum Gasteiger partial charge on any atom is 0.191 e. The highest BCUT2D eigenvalue weighted by atomic mass is 32.2. The van der Waals surface area contributed by atoms with Crippen LogP contribution in [0.5, 0.6) is 0 Å². The van der Waals surface area contributed by atoms with Gasteiger partial charge < -0.3 is 15.4 Å². The lowest BCUT2D eigenvalue weighted by atomic mass is 9.99. The van der Waals surface area contributed by atoms with Crippen molar-refractivity contribution in [2.24, 2.45) is 4.99 Å². The summed E-state index contributed by atoms with van der Waals surface area (Å²) in [4.78, 5) is 8.62. The van der Waals surface area contributed by atoms with E-state index in [-0.39, 0.29) is 4.75 Å². The van der Waals surface area contributed by atoms with Crippen molar-refractivity contribution in [2.75, 3.05) is 32.6 Å². The van der Waals surface area contributed by atoms with Crippen LogP contribution < -0.4 is 10.6 Å². The summed E-state index contributed by atoms with van der Waals surface area (Å²) in [6.45, 7) is 5.52. The average Bonchev–Trinajstić information content (AvgIpc) is 2.57. The van der Waals surface area contributed by atoms with E-state index in [9.17, 15) is 0 Å². The third-order valence-electron chi connectivity index (χ3n) is 3.82. The molecule has 1 aromatic rings. The minimum Gasteiger partial charge on any atom is -0.381 e. The second-order valence-corrected chi connectivity index (χ2v) is 7.06. The molecule has 22 heavy (non-hydrogen) atoms. The number of ether oxygens (including phenoxy) is 1. The summed E-state index contributed by atoms with van der Waals surface area (Å²) >= 11 is 2.03. The van der Waals surface area contributed by atoms with Gasteiger partial charge in [-0.25, -0.2) is 0 Å². The molecular weight excluding hydrogens is 296 g/mol. The Morgan fingerprint density at radius 1 is 1.36 bits per heavy atom. The third kappa shape index (κ3) is 5.18. The Kier molecular flexibility index (Phi) is 6.99. The first kappa shape index (κ1) is 17.1. The summed E-state index contributed by atoms with van der Waals surface area (Å²) in [5, 5.41) is 6.79. The Morgan fingerprint density at radius 2 is 2.18 bits per heavy atom. The first-order valence-electron chi connectivity index (χ1n) is 7.84. The number of rotatable bonds is 6. The normalized spacial score (nSPS) is 18.0. The Hall–Kier alpha value is -1.27. The van der Waals surface area contributed by atoms with E-state index in [4.69, 9.17) is 4.74 Å². The number of guanidine groups is 1. The van der Waals surface area contributed by atoms with Gasteiger partial charge in [0.2, 0.25) is 0 Å². The highest BCUT2D eigenvalue weighted by Crippen LogP contribution is 2.34. The van der Waals surface area contributed by atoms with Gasteiger partial charge in [-0.2, -0.15) is 11.8 Å². The third-order valence-corrected chi connectivity index (χ3v) is 5.27. The lowest BCUT2D eigenvalue weighted by Gasteiger charge is -2.37. The van der Waals surface area contributed by atoms with Crippen LogP contribution in [0.1, 0.15) is 25.5 Å². The lowest BCUT2D eigenvalue weighted by molar-refractivity contribution is 0.0782. The molecule has 2 heterocycles. The smallest absolute Gasteiger partial charge is 0.191 e. The van der Waals surface area contributed by atoms with E-state index in [0.29, 0.717) is 6.54 Å². The minimum atomic E-state index is 0.260. The molecule has 1 fully saturated rings. The average molecular weight is 322 g/mol. The molecule has 1 aliphatic heterocycles. The van der Waals surface area contributed by atoms with Gasteiger partial charge in [-0.3, -0.25) is 9.98 Å². The number of pyridine rings is 1. The number of nitrogens with zero attached hydrogens (tertiary/aromatic N) is 2. The fourth-order valence-electron chi connectivity index (χ4n) is 2.56. The SMILES string of the molecule is CCSC1(CNC(=NC)NCc2ccccn2)CCOCC1. The van der Waals surface area contributed by atoms with Crippen LogP contribution in [-0.4, -0.2) is 48.2 Å². The molecule has 0 amide bonds. The Balaban J connectivity index is 1.84. The van der Waals surface area contributed by atoms with Gasteiger partial charge in [-0.15, -0.1) is 0 Å². The molecular formula is C16H26N4OS. The molecule has 0 unspecified atom stereocenters. The van der Waals surface area contributed by atoms with Gasteiger partial charge in [-0.1, -0.05) is 13.0 Å². The number of aromatic nitrogens is 1. The fraction of sp³-hybridized carbons (Fsp3) is 0.625. The summed E-state index contributed by atoms with van der Waals surface area (Å²) in [6, 6.07) is 5.93. The van der Waals surface area contributed by atoms with Gasteiger partial charge in [0.15, 0.2) is 5.96 Å². The van der Waals surface area contributed by atoms with Crippen LogP contribution in [0.4, 0.5) is 0 Å². The summed E-state index contributed by atoms with van der Waals surface area (Å²) < 4.78 is 5.77. The molecule has 5 nitrogen and oxygen atoms in total. The van der Waals surface area contributed by atoms with E-state index < -0.39 is 0 Å². The quantitative estimate of drug-likeness (QED) is 0.620. The van der Waals surface area contributed by atoms with Crippen LogP contribution in [0.15, 0.2) is 29.4 Å². The predicted octanol–water partition coefficient (Wildman–Crippen LogP) is 2.05. The second kappa shape index (κ2) is 9.00.